The van der Waals surface area contributed by atoms with Crippen molar-refractivity contribution in [1.82, 2.24) is 15.5 Å². The fourth-order valence-electron chi connectivity index (χ4n) is 3.40. The van der Waals surface area contributed by atoms with Crippen molar-refractivity contribution >= 4 is 41.5 Å². The van der Waals surface area contributed by atoms with E-state index < -0.39 is 0 Å². The molecule has 0 atom stereocenters. The topological polar surface area (TPSA) is 60.0 Å². The highest BCUT2D eigenvalue weighted by Crippen LogP contribution is 2.15. The van der Waals surface area contributed by atoms with Crippen LogP contribution in [0.5, 0.6) is 0 Å². The van der Waals surface area contributed by atoms with Crippen LogP contribution in [-0.2, 0) is 11.3 Å². The Morgan fingerprint density at radius 3 is 2.32 bits per heavy atom. The van der Waals surface area contributed by atoms with Gasteiger partial charge >= 0.3 is 0 Å². The molecule has 0 radical (unpaired) electrons. The Morgan fingerprint density at radius 2 is 1.68 bits per heavy atom. The highest BCUT2D eigenvalue weighted by atomic mass is 127. The zero-order valence-corrected chi connectivity index (χ0v) is 20.2. The molecule has 31 heavy (non-hydrogen) atoms. The minimum Gasteiger partial charge on any atom is -0.368 e. The number of hydrogen-bond acceptors (Lipinski definition) is 3. The van der Waals surface area contributed by atoms with Gasteiger partial charge in [-0.1, -0.05) is 30.3 Å². The molecule has 1 heterocycles. The molecule has 0 unspecified atom stereocenters. The Morgan fingerprint density at radius 1 is 1.00 bits per heavy atom. The molecule has 2 N–H and O–H groups in total. The molecular formula is C23H31FIN5O. The third-order valence-electron chi connectivity index (χ3n) is 5.06. The van der Waals surface area contributed by atoms with E-state index in [0.717, 1.165) is 38.3 Å². The van der Waals surface area contributed by atoms with Gasteiger partial charge in [-0.25, -0.2) is 9.38 Å². The summed E-state index contributed by atoms with van der Waals surface area (Å²) in [5, 5.41) is 6.39. The van der Waals surface area contributed by atoms with Crippen LogP contribution in [0.3, 0.4) is 0 Å². The van der Waals surface area contributed by atoms with Crippen molar-refractivity contribution in [2.45, 2.75) is 19.9 Å². The van der Waals surface area contributed by atoms with Crippen molar-refractivity contribution in [3.05, 3.63) is 66.0 Å². The zero-order valence-electron chi connectivity index (χ0n) is 17.9. The molecule has 168 valence electrons. The number of amides is 1. The van der Waals surface area contributed by atoms with Gasteiger partial charge in [0.15, 0.2) is 5.96 Å². The Bertz CT molecular complexity index is 824. The largest absolute Gasteiger partial charge is 0.368 e. The zero-order chi connectivity index (χ0) is 21.2. The first-order valence-corrected chi connectivity index (χ1v) is 10.5. The van der Waals surface area contributed by atoms with Crippen LogP contribution in [0.1, 0.15) is 18.9 Å². The van der Waals surface area contributed by atoms with Gasteiger partial charge in [0.2, 0.25) is 5.91 Å². The first-order valence-electron chi connectivity index (χ1n) is 10.5. The number of nitrogens with zero attached hydrogens (tertiary/aromatic N) is 3. The normalized spacial score (nSPS) is 14.1. The van der Waals surface area contributed by atoms with E-state index in [-0.39, 0.29) is 35.7 Å². The number of piperazine rings is 1. The summed E-state index contributed by atoms with van der Waals surface area (Å²) in [6.45, 7) is 6.88. The number of para-hydroxylation sites is 1. The SMILES string of the molecule is CCNC(=NCc1ccc(F)cc1)NCCC(=O)N1CCN(c2ccccc2)CC1.I. The van der Waals surface area contributed by atoms with E-state index >= 15 is 0 Å². The van der Waals surface area contributed by atoms with Gasteiger partial charge < -0.3 is 20.4 Å². The van der Waals surface area contributed by atoms with Crippen LogP contribution in [0.4, 0.5) is 10.1 Å². The molecule has 0 aliphatic carbocycles. The predicted molar refractivity (Wildman–Crippen MR) is 134 cm³/mol. The van der Waals surface area contributed by atoms with Crippen LogP contribution in [-0.4, -0.2) is 56.0 Å². The maximum absolute atomic E-state index is 13.0. The van der Waals surface area contributed by atoms with E-state index in [9.17, 15) is 9.18 Å². The van der Waals surface area contributed by atoms with Crippen molar-refractivity contribution in [2.24, 2.45) is 4.99 Å². The minimum absolute atomic E-state index is 0. The van der Waals surface area contributed by atoms with Gasteiger partial charge in [-0.3, -0.25) is 4.79 Å². The average Bonchev–Trinajstić information content (AvgIpc) is 2.79. The molecule has 8 heteroatoms. The number of aliphatic imine (C=N–C) groups is 1. The molecule has 0 saturated carbocycles. The number of rotatable bonds is 7. The van der Waals surface area contributed by atoms with Gasteiger partial charge in [-0.05, 0) is 36.8 Å². The standard InChI is InChI=1S/C23H30FN5O.HI/c1-2-25-23(27-18-19-8-10-20(24)11-9-19)26-13-12-22(30)29-16-14-28(15-17-29)21-6-4-3-5-7-21;/h3-11H,2,12-18H2,1H3,(H2,25,26,27);1H. The number of carbonyl (C=O) groups is 1. The summed E-state index contributed by atoms with van der Waals surface area (Å²) in [5.41, 5.74) is 2.14. The molecule has 2 aromatic rings. The molecule has 0 bridgehead atoms. The predicted octanol–water partition coefficient (Wildman–Crippen LogP) is 3.24. The molecule has 3 rings (SSSR count). The van der Waals surface area contributed by atoms with Crippen LogP contribution in [0.25, 0.3) is 0 Å². The van der Waals surface area contributed by atoms with Gasteiger partial charge in [0.1, 0.15) is 5.82 Å². The highest BCUT2D eigenvalue weighted by Gasteiger charge is 2.20. The molecule has 0 spiro atoms. The van der Waals surface area contributed by atoms with Crippen molar-refractivity contribution in [2.75, 3.05) is 44.2 Å². The Balaban J connectivity index is 0.00000341. The second-order valence-electron chi connectivity index (χ2n) is 7.20. The molecule has 1 amide bonds. The molecular weight excluding hydrogens is 508 g/mol. The third kappa shape index (κ3) is 8.01. The lowest BCUT2D eigenvalue weighted by Gasteiger charge is -2.36. The number of nitrogens with one attached hydrogen (secondary N) is 2. The van der Waals surface area contributed by atoms with E-state index in [4.69, 9.17) is 0 Å². The van der Waals surface area contributed by atoms with Crippen molar-refractivity contribution in [1.29, 1.82) is 0 Å². The van der Waals surface area contributed by atoms with Gasteiger partial charge in [0.05, 0.1) is 6.54 Å². The van der Waals surface area contributed by atoms with E-state index in [2.05, 4.69) is 32.7 Å². The average molecular weight is 539 g/mol. The summed E-state index contributed by atoms with van der Waals surface area (Å²) >= 11 is 0. The van der Waals surface area contributed by atoms with E-state index in [1.807, 2.05) is 30.0 Å². The molecule has 2 aromatic carbocycles. The van der Waals surface area contributed by atoms with Crippen molar-refractivity contribution < 1.29 is 9.18 Å². The first-order chi connectivity index (χ1) is 14.7. The van der Waals surface area contributed by atoms with E-state index in [0.29, 0.717) is 25.5 Å². The van der Waals surface area contributed by atoms with Crippen LogP contribution in [0, 0.1) is 5.82 Å². The Kier molecular flexibility index (Phi) is 10.6. The van der Waals surface area contributed by atoms with E-state index in [1.165, 1.54) is 17.8 Å². The maximum Gasteiger partial charge on any atom is 0.224 e. The Hall–Kier alpha value is -2.36. The fraction of sp³-hybridized carbons (Fsp3) is 0.391. The highest BCUT2D eigenvalue weighted by molar-refractivity contribution is 14.0. The second-order valence-corrected chi connectivity index (χ2v) is 7.20. The summed E-state index contributed by atoms with van der Waals surface area (Å²) in [6, 6.07) is 16.6. The summed E-state index contributed by atoms with van der Waals surface area (Å²) in [4.78, 5) is 21.3. The van der Waals surface area contributed by atoms with Crippen LogP contribution >= 0.6 is 24.0 Å². The fourth-order valence-corrected chi connectivity index (χ4v) is 3.40. The third-order valence-corrected chi connectivity index (χ3v) is 5.06. The maximum atomic E-state index is 13.0. The molecule has 0 aromatic heterocycles. The number of halogens is 2. The number of benzene rings is 2. The molecule has 1 aliphatic heterocycles. The lowest BCUT2D eigenvalue weighted by Crippen LogP contribution is -2.49. The van der Waals surface area contributed by atoms with Crippen LogP contribution in [0.2, 0.25) is 0 Å². The molecule has 6 nitrogen and oxygen atoms in total. The smallest absolute Gasteiger partial charge is 0.224 e. The minimum atomic E-state index is -0.254. The summed E-state index contributed by atoms with van der Waals surface area (Å²) < 4.78 is 13.0. The second kappa shape index (κ2) is 13.1. The number of carbonyl (C=O) groups excluding carboxylic acids is 1. The molecule has 1 saturated heterocycles. The lowest BCUT2D eigenvalue weighted by atomic mass is 10.2. The van der Waals surface area contributed by atoms with Gasteiger partial charge in [0.25, 0.3) is 0 Å². The van der Waals surface area contributed by atoms with Gasteiger partial charge in [-0.15, -0.1) is 24.0 Å². The summed E-state index contributed by atoms with van der Waals surface area (Å²) in [7, 11) is 0. The number of anilines is 1. The molecule has 1 fully saturated rings. The number of guanidine groups is 1. The Labute approximate surface area is 200 Å². The quantitative estimate of drug-likeness (QED) is 0.323. The van der Waals surface area contributed by atoms with Crippen molar-refractivity contribution in [3.63, 3.8) is 0 Å². The summed E-state index contributed by atoms with van der Waals surface area (Å²) in [5.74, 6) is 0.559. The van der Waals surface area contributed by atoms with E-state index in [1.54, 1.807) is 12.1 Å². The number of hydrogen-bond donors (Lipinski definition) is 2. The molecule has 1 aliphatic rings. The van der Waals surface area contributed by atoms with Crippen LogP contribution < -0.4 is 15.5 Å². The van der Waals surface area contributed by atoms with Crippen LogP contribution in [0.15, 0.2) is 59.6 Å². The van der Waals surface area contributed by atoms with Crippen molar-refractivity contribution in [3.8, 4) is 0 Å². The van der Waals surface area contributed by atoms with Gasteiger partial charge in [0, 0.05) is 51.4 Å². The van der Waals surface area contributed by atoms with Gasteiger partial charge in [-0.2, -0.15) is 0 Å². The summed E-state index contributed by atoms with van der Waals surface area (Å²) in [6.07, 6.45) is 0.423. The first kappa shape index (κ1) is 24.9. The monoisotopic (exact) mass is 539 g/mol. The lowest BCUT2D eigenvalue weighted by molar-refractivity contribution is -0.131.